The van der Waals surface area contributed by atoms with Gasteiger partial charge in [-0.15, -0.1) is 11.6 Å². The average Bonchev–Trinajstić information content (AvgIpc) is 3.12. The van der Waals surface area contributed by atoms with E-state index in [1.54, 1.807) is 32.4 Å². The third-order valence-electron chi connectivity index (χ3n) is 4.25. The molecule has 5 nitrogen and oxygen atoms in total. The molecule has 1 heterocycles. The normalized spacial score (nSPS) is 16.4. The minimum atomic E-state index is -0.322. The topological polar surface area (TPSA) is 51.1 Å². The first-order chi connectivity index (χ1) is 12.6. The Morgan fingerprint density at radius 2 is 1.88 bits per heavy atom. The first kappa shape index (κ1) is 18.2. The lowest BCUT2D eigenvalue weighted by Gasteiger charge is -2.22. The summed E-state index contributed by atoms with van der Waals surface area (Å²) in [5, 5.41) is 5.82. The molecule has 0 aliphatic carbocycles. The molecule has 1 aliphatic rings. The van der Waals surface area contributed by atoms with Crippen molar-refractivity contribution in [2.45, 2.75) is 12.5 Å². The molecule has 0 bridgehead atoms. The predicted molar refractivity (Wildman–Crippen MR) is 97.4 cm³/mol. The molecule has 3 rings (SSSR count). The summed E-state index contributed by atoms with van der Waals surface area (Å²) in [6, 6.07) is 11.2. The number of carbonyl (C=O) groups excluding carboxylic acids is 1. The molecule has 0 radical (unpaired) electrons. The van der Waals surface area contributed by atoms with Crippen LogP contribution in [-0.4, -0.2) is 36.7 Å². The number of hydrazone groups is 1. The molecule has 7 heteroatoms. The van der Waals surface area contributed by atoms with Crippen molar-refractivity contribution < 1.29 is 18.7 Å². The van der Waals surface area contributed by atoms with Crippen LogP contribution < -0.4 is 9.47 Å². The Morgan fingerprint density at radius 3 is 2.50 bits per heavy atom. The number of hydrogen-bond donors (Lipinski definition) is 0. The van der Waals surface area contributed by atoms with E-state index in [2.05, 4.69) is 5.10 Å². The molecule has 1 atom stereocenters. The highest BCUT2D eigenvalue weighted by Crippen LogP contribution is 2.37. The molecule has 2 aromatic carbocycles. The Hall–Kier alpha value is -2.60. The van der Waals surface area contributed by atoms with Crippen molar-refractivity contribution in [3.63, 3.8) is 0 Å². The minimum Gasteiger partial charge on any atom is -0.493 e. The summed E-state index contributed by atoms with van der Waals surface area (Å²) in [6.07, 6.45) is 0.490. The summed E-state index contributed by atoms with van der Waals surface area (Å²) < 4.78 is 23.8. The zero-order valence-corrected chi connectivity index (χ0v) is 15.2. The van der Waals surface area contributed by atoms with Crippen molar-refractivity contribution in [3.8, 4) is 11.5 Å². The van der Waals surface area contributed by atoms with Crippen molar-refractivity contribution >= 4 is 23.2 Å². The van der Waals surface area contributed by atoms with Gasteiger partial charge in [0.05, 0.1) is 26.0 Å². The Kier molecular flexibility index (Phi) is 5.42. The number of ether oxygens (including phenoxy) is 2. The lowest BCUT2D eigenvalue weighted by Crippen LogP contribution is -2.28. The number of carbonyl (C=O) groups is 1. The molecule has 0 spiro atoms. The van der Waals surface area contributed by atoms with E-state index in [0.717, 1.165) is 11.1 Å². The predicted octanol–water partition coefficient (Wildman–Crippen LogP) is 3.76. The fourth-order valence-electron chi connectivity index (χ4n) is 2.94. The zero-order chi connectivity index (χ0) is 18.7. The van der Waals surface area contributed by atoms with E-state index >= 15 is 0 Å². The molecule has 1 unspecified atom stereocenters. The standard InChI is InChI=1S/C19H18ClFN2O3/c1-25-17-8-5-13(9-18(17)26-2)16-10-15(22-23(16)19(24)11-20)12-3-6-14(21)7-4-12/h3-9,16H,10-11H2,1-2H3. The van der Waals surface area contributed by atoms with Crippen LogP contribution in [0.3, 0.4) is 0 Å². The molecule has 0 aromatic heterocycles. The monoisotopic (exact) mass is 376 g/mol. The molecular weight excluding hydrogens is 359 g/mol. The van der Waals surface area contributed by atoms with Crippen LogP contribution in [0, 0.1) is 5.82 Å². The lowest BCUT2D eigenvalue weighted by molar-refractivity contribution is -0.130. The summed E-state index contributed by atoms with van der Waals surface area (Å²) >= 11 is 5.75. The molecule has 0 fully saturated rings. The largest absolute Gasteiger partial charge is 0.493 e. The quantitative estimate of drug-likeness (QED) is 0.746. The van der Waals surface area contributed by atoms with Crippen LogP contribution in [0.4, 0.5) is 4.39 Å². The van der Waals surface area contributed by atoms with Crippen LogP contribution >= 0.6 is 11.6 Å². The van der Waals surface area contributed by atoms with Crippen LogP contribution in [-0.2, 0) is 4.79 Å². The van der Waals surface area contributed by atoms with Crippen molar-refractivity contribution in [3.05, 3.63) is 59.4 Å². The number of rotatable bonds is 5. The average molecular weight is 377 g/mol. The van der Waals surface area contributed by atoms with Gasteiger partial charge in [0.2, 0.25) is 0 Å². The summed E-state index contributed by atoms with van der Waals surface area (Å²) in [6.45, 7) is 0. The highest BCUT2D eigenvalue weighted by Gasteiger charge is 2.33. The Balaban J connectivity index is 1.96. The van der Waals surface area contributed by atoms with Gasteiger partial charge >= 0.3 is 0 Å². The third kappa shape index (κ3) is 3.51. The number of amides is 1. The van der Waals surface area contributed by atoms with E-state index in [4.69, 9.17) is 21.1 Å². The summed E-state index contributed by atoms with van der Waals surface area (Å²) in [5.41, 5.74) is 2.31. The number of hydrogen-bond acceptors (Lipinski definition) is 4. The molecular formula is C19H18ClFN2O3. The molecule has 0 saturated carbocycles. The Bertz CT molecular complexity index is 839. The van der Waals surface area contributed by atoms with Gasteiger partial charge in [-0.2, -0.15) is 5.10 Å². The molecule has 0 saturated heterocycles. The summed E-state index contributed by atoms with van der Waals surface area (Å²) in [4.78, 5) is 12.3. The number of alkyl halides is 1. The molecule has 0 N–H and O–H groups in total. The van der Waals surface area contributed by atoms with Crippen LogP contribution in [0.2, 0.25) is 0 Å². The zero-order valence-electron chi connectivity index (χ0n) is 14.4. The molecule has 136 valence electrons. The second-order valence-corrected chi connectivity index (χ2v) is 6.03. The van der Waals surface area contributed by atoms with Crippen LogP contribution in [0.1, 0.15) is 23.6 Å². The maximum absolute atomic E-state index is 13.2. The van der Waals surface area contributed by atoms with E-state index < -0.39 is 0 Å². The minimum absolute atomic E-state index is 0.177. The second-order valence-electron chi connectivity index (χ2n) is 5.76. The van der Waals surface area contributed by atoms with E-state index in [1.165, 1.54) is 17.1 Å². The number of benzene rings is 2. The van der Waals surface area contributed by atoms with E-state index in [0.29, 0.717) is 23.6 Å². The molecule has 26 heavy (non-hydrogen) atoms. The number of methoxy groups -OCH3 is 2. The van der Waals surface area contributed by atoms with Gasteiger partial charge in [-0.25, -0.2) is 9.40 Å². The van der Waals surface area contributed by atoms with Gasteiger partial charge in [-0.05, 0) is 35.4 Å². The smallest absolute Gasteiger partial charge is 0.258 e. The molecule has 1 aliphatic heterocycles. The van der Waals surface area contributed by atoms with Gasteiger partial charge in [-0.1, -0.05) is 18.2 Å². The number of nitrogens with zero attached hydrogens (tertiary/aromatic N) is 2. The maximum atomic E-state index is 13.2. The first-order valence-electron chi connectivity index (χ1n) is 8.00. The summed E-state index contributed by atoms with van der Waals surface area (Å²) in [5.74, 6) is 0.368. The molecule has 2 aromatic rings. The highest BCUT2D eigenvalue weighted by molar-refractivity contribution is 6.27. The first-order valence-corrected chi connectivity index (χ1v) is 8.54. The van der Waals surface area contributed by atoms with Crippen LogP contribution in [0.5, 0.6) is 11.5 Å². The fraction of sp³-hybridized carbons (Fsp3) is 0.263. The van der Waals surface area contributed by atoms with E-state index in [-0.39, 0.29) is 23.6 Å². The van der Waals surface area contributed by atoms with Gasteiger partial charge in [-0.3, -0.25) is 4.79 Å². The van der Waals surface area contributed by atoms with Gasteiger partial charge in [0.25, 0.3) is 5.91 Å². The van der Waals surface area contributed by atoms with Gasteiger partial charge in [0, 0.05) is 6.42 Å². The number of halogens is 2. The van der Waals surface area contributed by atoms with Crippen molar-refractivity contribution in [1.82, 2.24) is 5.01 Å². The molecule has 1 amide bonds. The highest BCUT2D eigenvalue weighted by atomic mass is 35.5. The van der Waals surface area contributed by atoms with Crippen LogP contribution in [0.15, 0.2) is 47.6 Å². The maximum Gasteiger partial charge on any atom is 0.258 e. The Morgan fingerprint density at radius 1 is 1.19 bits per heavy atom. The third-order valence-corrected chi connectivity index (χ3v) is 4.48. The SMILES string of the molecule is COc1ccc(C2CC(c3ccc(F)cc3)=NN2C(=O)CCl)cc1OC. The lowest BCUT2D eigenvalue weighted by atomic mass is 9.98. The fourth-order valence-corrected chi connectivity index (χ4v) is 3.06. The van der Waals surface area contributed by atoms with E-state index in [9.17, 15) is 9.18 Å². The van der Waals surface area contributed by atoms with E-state index in [1.807, 2.05) is 12.1 Å². The van der Waals surface area contributed by atoms with Crippen molar-refractivity contribution in [1.29, 1.82) is 0 Å². The summed E-state index contributed by atoms with van der Waals surface area (Å²) in [7, 11) is 3.12. The van der Waals surface area contributed by atoms with Crippen molar-refractivity contribution in [2.24, 2.45) is 5.10 Å². The van der Waals surface area contributed by atoms with Crippen molar-refractivity contribution in [2.75, 3.05) is 20.1 Å². The van der Waals surface area contributed by atoms with Gasteiger partial charge < -0.3 is 9.47 Å². The second kappa shape index (κ2) is 7.74. The Labute approximate surface area is 156 Å². The van der Waals surface area contributed by atoms with Crippen LogP contribution in [0.25, 0.3) is 0 Å². The van der Waals surface area contributed by atoms with Gasteiger partial charge in [0.1, 0.15) is 11.7 Å². The van der Waals surface area contributed by atoms with Gasteiger partial charge in [0.15, 0.2) is 11.5 Å².